The van der Waals surface area contributed by atoms with Crippen molar-refractivity contribution in [1.82, 2.24) is 19.7 Å². The van der Waals surface area contributed by atoms with Crippen LogP contribution in [0.1, 0.15) is 17.3 Å². The Hall–Kier alpha value is -2.61. The average molecular weight is 358 g/mol. The van der Waals surface area contributed by atoms with Gasteiger partial charge in [-0.15, -0.1) is 0 Å². The fourth-order valence-corrected chi connectivity index (χ4v) is 3.44. The Morgan fingerprint density at radius 2 is 1.96 bits per heavy atom. The maximum absolute atomic E-state index is 12.8. The maximum atomic E-state index is 12.8. The van der Waals surface area contributed by atoms with E-state index in [2.05, 4.69) is 15.1 Å². The number of rotatable bonds is 6. The highest BCUT2D eigenvalue weighted by atomic mass is 32.2. The van der Waals surface area contributed by atoms with E-state index in [1.807, 2.05) is 14.0 Å². The summed E-state index contributed by atoms with van der Waals surface area (Å²) >= 11 is 1.39. The topological polar surface area (TPSA) is 79.1 Å². The van der Waals surface area contributed by atoms with Crippen LogP contribution in [0.15, 0.2) is 35.7 Å². The molecule has 2 aromatic heterocycles. The third kappa shape index (κ3) is 3.30. The molecule has 0 bridgehead atoms. The zero-order valence-corrected chi connectivity index (χ0v) is 15.2. The van der Waals surface area contributed by atoms with Gasteiger partial charge in [-0.1, -0.05) is 11.8 Å². The molecule has 130 valence electrons. The van der Waals surface area contributed by atoms with Gasteiger partial charge in [0.2, 0.25) is 0 Å². The second-order valence-electron chi connectivity index (χ2n) is 5.38. The van der Waals surface area contributed by atoms with E-state index in [-0.39, 0.29) is 11.0 Å². The van der Waals surface area contributed by atoms with Gasteiger partial charge in [0.15, 0.2) is 22.9 Å². The number of carbonyl (C=O) groups excluding carboxylic acids is 1. The number of ketones is 1. The van der Waals surface area contributed by atoms with Gasteiger partial charge in [0.1, 0.15) is 11.4 Å². The van der Waals surface area contributed by atoms with Crippen LogP contribution < -0.4 is 9.47 Å². The predicted molar refractivity (Wildman–Crippen MR) is 95.5 cm³/mol. The van der Waals surface area contributed by atoms with Crippen molar-refractivity contribution in [2.75, 3.05) is 14.2 Å². The summed E-state index contributed by atoms with van der Waals surface area (Å²) in [5.41, 5.74) is 1.30. The molecule has 0 fully saturated rings. The van der Waals surface area contributed by atoms with Gasteiger partial charge in [0.25, 0.3) is 0 Å². The van der Waals surface area contributed by atoms with E-state index in [1.54, 1.807) is 43.3 Å². The number of hydrogen-bond donors (Lipinski definition) is 0. The summed E-state index contributed by atoms with van der Waals surface area (Å²) in [5.74, 6) is 1.11. The first-order valence-corrected chi connectivity index (χ1v) is 8.48. The van der Waals surface area contributed by atoms with Crippen LogP contribution in [0, 0.1) is 0 Å². The fourth-order valence-electron chi connectivity index (χ4n) is 2.48. The number of hydrogen-bond acceptors (Lipinski definition) is 7. The van der Waals surface area contributed by atoms with Crippen molar-refractivity contribution >= 4 is 28.6 Å². The molecule has 8 heteroatoms. The summed E-state index contributed by atoms with van der Waals surface area (Å²) in [6.45, 7) is 1.86. The Labute approximate surface area is 149 Å². The monoisotopic (exact) mass is 358 g/mol. The first kappa shape index (κ1) is 17.2. The van der Waals surface area contributed by atoms with Gasteiger partial charge in [-0.25, -0.2) is 9.97 Å². The summed E-state index contributed by atoms with van der Waals surface area (Å²) in [7, 11) is 4.93. The first-order chi connectivity index (χ1) is 12.0. The van der Waals surface area contributed by atoms with Crippen molar-refractivity contribution in [2.24, 2.45) is 7.05 Å². The van der Waals surface area contributed by atoms with E-state index < -0.39 is 0 Å². The third-order valence-corrected chi connectivity index (χ3v) is 4.93. The summed E-state index contributed by atoms with van der Waals surface area (Å²) in [5, 5.41) is 5.44. The van der Waals surface area contributed by atoms with E-state index in [4.69, 9.17) is 9.47 Å². The zero-order chi connectivity index (χ0) is 18.0. The van der Waals surface area contributed by atoms with Crippen molar-refractivity contribution in [2.45, 2.75) is 17.2 Å². The zero-order valence-electron chi connectivity index (χ0n) is 14.4. The third-order valence-electron chi connectivity index (χ3n) is 3.82. The summed E-state index contributed by atoms with van der Waals surface area (Å²) in [4.78, 5) is 21.3. The highest BCUT2D eigenvalue weighted by Gasteiger charge is 2.20. The minimum absolute atomic E-state index is 0.0124. The molecule has 7 nitrogen and oxygen atoms in total. The largest absolute Gasteiger partial charge is 0.493 e. The van der Waals surface area contributed by atoms with Gasteiger partial charge < -0.3 is 9.47 Å². The predicted octanol–water partition coefficient (Wildman–Crippen LogP) is 2.74. The second-order valence-corrected chi connectivity index (χ2v) is 6.71. The van der Waals surface area contributed by atoms with E-state index >= 15 is 0 Å². The number of thioether (sulfide) groups is 1. The number of Topliss-reactive ketones (excluding diaryl/α,β-unsaturated/α-hetero) is 1. The lowest BCUT2D eigenvalue weighted by atomic mass is 10.1. The number of aromatic nitrogens is 4. The van der Waals surface area contributed by atoms with Crippen molar-refractivity contribution in [3.63, 3.8) is 0 Å². The molecule has 0 aliphatic carbocycles. The summed E-state index contributed by atoms with van der Waals surface area (Å²) in [6, 6.07) is 5.16. The average Bonchev–Trinajstić information content (AvgIpc) is 3.02. The molecule has 3 aromatic rings. The highest BCUT2D eigenvalue weighted by Crippen LogP contribution is 2.32. The number of fused-ring (bicyclic) bond motifs is 1. The Morgan fingerprint density at radius 3 is 2.68 bits per heavy atom. The Bertz CT molecular complexity index is 925. The van der Waals surface area contributed by atoms with Crippen LogP contribution in [-0.4, -0.2) is 45.0 Å². The van der Waals surface area contributed by atoms with Crippen LogP contribution in [0.5, 0.6) is 11.5 Å². The minimum Gasteiger partial charge on any atom is -0.493 e. The molecule has 0 radical (unpaired) electrons. The molecule has 1 aromatic carbocycles. The van der Waals surface area contributed by atoms with Gasteiger partial charge in [0, 0.05) is 12.6 Å². The molecule has 3 rings (SSSR count). The lowest BCUT2D eigenvalue weighted by Gasteiger charge is -2.12. The van der Waals surface area contributed by atoms with E-state index in [1.165, 1.54) is 18.1 Å². The van der Waals surface area contributed by atoms with E-state index in [0.717, 1.165) is 16.1 Å². The lowest BCUT2D eigenvalue weighted by molar-refractivity contribution is 0.0993. The van der Waals surface area contributed by atoms with Crippen LogP contribution in [0.2, 0.25) is 0 Å². The van der Waals surface area contributed by atoms with Crippen molar-refractivity contribution in [3.8, 4) is 11.5 Å². The van der Waals surface area contributed by atoms with Gasteiger partial charge in [-0.2, -0.15) is 5.10 Å². The normalized spacial score (nSPS) is 12.2. The quantitative estimate of drug-likeness (QED) is 0.381. The first-order valence-electron chi connectivity index (χ1n) is 7.60. The van der Waals surface area contributed by atoms with Crippen LogP contribution in [-0.2, 0) is 7.05 Å². The van der Waals surface area contributed by atoms with Gasteiger partial charge in [-0.05, 0) is 25.1 Å². The van der Waals surface area contributed by atoms with Crippen LogP contribution in [0.4, 0.5) is 0 Å². The van der Waals surface area contributed by atoms with Crippen LogP contribution >= 0.6 is 11.8 Å². The molecule has 0 aliphatic heterocycles. The second kappa shape index (κ2) is 7.10. The van der Waals surface area contributed by atoms with E-state index in [9.17, 15) is 4.79 Å². The minimum atomic E-state index is -0.323. The Kier molecular flexibility index (Phi) is 4.89. The molecule has 0 aliphatic rings. The molecule has 0 spiro atoms. The number of ether oxygens (including phenoxy) is 2. The Morgan fingerprint density at radius 1 is 1.20 bits per heavy atom. The molecular weight excluding hydrogens is 340 g/mol. The number of benzene rings is 1. The molecular formula is C17H18N4O3S. The standard InChI is InChI=1S/C17H18N4O3S/c1-10(15(22)11-5-6-13(23-3)14(7-11)24-4)25-17-12-8-20-21(2)16(12)18-9-19-17/h5-10H,1-4H3/t10-/m0/s1. The van der Waals surface area contributed by atoms with Crippen molar-refractivity contribution < 1.29 is 14.3 Å². The van der Waals surface area contributed by atoms with Gasteiger partial charge in [0.05, 0.1) is 31.1 Å². The molecule has 2 heterocycles. The molecule has 0 N–H and O–H groups in total. The van der Waals surface area contributed by atoms with Crippen LogP contribution in [0.3, 0.4) is 0 Å². The molecule has 0 saturated heterocycles. The smallest absolute Gasteiger partial charge is 0.176 e. The fraction of sp³-hybridized carbons (Fsp3) is 0.294. The molecule has 0 amide bonds. The Balaban J connectivity index is 1.85. The van der Waals surface area contributed by atoms with E-state index in [0.29, 0.717) is 17.1 Å². The van der Waals surface area contributed by atoms with Crippen molar-refractivity contribution in [3.05, 3.63) is 36.3 Å². The molecule has 1 atom stereocenters. The van der Waals surface area contributed by atoms with Crippen molar-refractivity contribution in [1.29, 1.82) is 0 Å². The van der Waals surface area contributed by atoms with Gasteiger partial charge in [-0.3, -0.25) is 9.48 Å². The number of methoxy groups -OCH3 is 2. The summed E-state index contributed by atoms with van der Waals surface area (Å²) < 4.78 is 12.2. The molecule has 25 heavy (non-hydrogen) atoms. The van der Waals surface area contributed by atoms with Gasteiger partial charge >= 0.3 is 0 Å². The lowest BCUT2D eigenvalue weighted by Crippen LogP contribution is -2.14. The molecule has 0 saturated carbocycles. The highest BCUT2D eigenvalue weighted by molar-refractivity contribution is 8.00. The number of carbonyl (C=O) groups is 1. The van der Waals surface area contributed by atoms with Crippen LogP contribution in [0.25, 0.3) is 11.0 Å². The SMILES string of the molecule is COc1ccc(C(=O)[C@H](C)Sc2ncnc3c2cnn3C)cc1OC. The number of aryl methyl sites for hydroxylation is 1. The summed E-state index contributed by atoms with van der Waals surface area (Å²) in [6.07, 6.45) is 3.20. The number of nitrogens with zero attached hydrogens (tertiary/aromatic N) is 4. The molecule has 0 unspecified atom stereocenters. The maximum Gasteiger partial charge on any atom is 0.176 e.